The van der Waals surface area contributed by atoms with Gasteiger partial charge in [0.1, 0.15) is 10.6 Å². The van der Waals surface area contributed by atoms with Gasteiger partial charge in [0, 0.05) is 11.5 Å². The van der Waals surface area contributed by atoms with Crippen LogP contribution in [-0.4, -0.2) is 13.6 Å². The summed E-state index contributed by atoms with van der Waals surface area (Å²) in [5, 5.41) is 4.40. The molecule has 0 aliphatic heterocycles. The van der Waals surface area contributed by atoms with Crippen molar-refractivity contribution in [3.63, 3.8) is 0 Å². The van der Waals surface area contributed by atoms with Gasteiger partial charge < -0.3 is 8.71 Å². The second-order valence-electron chi connectivity index (χ2n) is 3.88. The average molecular weight is 275 g/mol. The molecule has 0 aliphatic carbocycles. The van der Waals surface area contributed by atoms with Gasteiger partial charge in [0.15, 0.2) is 5.58 Å². The molecule has 0 saturated carbocycles. The van der Waals surface area contributed by atoms with Crippen LogP contribution in [0.5, 0.6) is 5.75 Å². The summed E-state index contributed by atoms with van der Waals surface area (Å²) >= 11 is 0. The van der Waals surface area contributed by atoms with Gasteiger partial charge in [-0.15, -0.1) is 0 Å². The largest absolute Gasteiger partial charge is 0.379 e. The molecule has 0 bridgehead atoms. The number of nitrogens with zero attached hydrogens (tertiary/aromatic N) is 1. The molecule has 0 fully saturated rings. The zero-order valence-electron chi connectivity index (χ0n) is 9.68. The second-order valence-corrected chi connectivity index (χ2v) is 5.42. The number of benzene rings is 2. The van der Waals surface area contributed by atoms with Gasteiger partial charge >= 0.3 is 10.1 Å². The van der Waals surface area contributed by atoms with E-state index in [4.69, 9.17) is 8.71 Å². The lowest BCUT2D eigenvalue weighted by Gasteiger charge is -2.06. The summed E-state index contributed by atoms with van der Waals surface area (Å²) in [4.78, 5) is 0.104. The minimum Gasteiger partial charge on any atom is -0.379 e. The van der Waals surface area contributed by atoms with Crippen molar-refractivity contribution in [2.45, 2.75) is 4.90 Å². The highest BCUT2D eigenvalue weighted by molar-refractivity contribution is 7.87. The van der Waals surface area contributed by atoms with E-state index in [1.54, 1.807) is 36.5 Å². The van der Waals surface area contributed by atoms with Gasteiger partial charge in [0.05, 0.1) is 6.20 Å². The van der Waals surface area contributed by atoms with E-state index >= 15 is 0 Å². The molecule has 3 aromatic rings. The first-order valence-electron chi connectivity index (χ1n) is 5.49. The lowest BCUT2D eigenvalue weighted by molar-refractivity contribution is 0.454. The molecule has 0 N–H and O–H groups in total. The highest BCUT2D eigenvalue weighted by Gasteiger charge is 2.16. The van der Waals surface area contributed by atoms with Crippen molar-refractivity contribution in [2.75, 3.05) is 0 Å². The molecule has 1 heterocycles. The summed E-state index contributed by atoms with van der Waals surface area (Å²) < 4.78 is 34.0. The second kappa shape index (κ2) is 4.40. The average Bonchev–Trinajstić information content (AvgIpc) is 2.87. The molecule has 19 heavy (non-hydrogen) atoms. The number of hydrogen-bond acceptors (Lipinski definition) is 5. The van der Waals surface area contributed by atoms with Crippen molar-refractivity contribution < 1.29 is 17.1 Å². The van der Waals surface area contributed by atoms with Crippen molar-refractivity contribution in [1.82, 2.24) is 5.16 Å². The predicted octanol–water partition coefficient (Wildman–Crippen LogP) is 2.60. The fraction of sp³-hybridized carbons (Fsp3) is 0. The fourth-order valence-electron chi connectivity index (χ4n) is 1.65. The van der Waals surface area contributed by atoms with Gasteiger partial charge in [-0.05, 0) is 24.3 Å². The van der Waals surface area contributed by atoms with Gasteiger partial charge in [0.25, 0.3) is 0 Å². The van der Waals surface area contributed by atoms with Crippen molar-refractivity contribution in [3.8, 4) is 5.75 Å². The predicted molar refractivity (Wildman–Crippen MR) is 68.3 cm³/mol. The summed E-state index contributed by atoms with van der Waals surface area (Å²) in [5.41, 5.74) is 0.473. The van der Waals surface area contributed by atoms with Crippen LogP contribution in [0.3, 0.4) is 0 Å². The van der Waals surface area contributed by atoms with Crippen LogP contribution in [0, 0.1) is 0 Å². The number of aromatic nitrogens is 1. The molecular formula is C13H9NO4S. The van der Waals surface area contributed by atoms with Crippen LogP contribution < -0.4 is 4.18 Å². The molecule has 0 spiro atoms. The Labute approximate surface area is 109 Å². The van der Waals surface area contributed by atoms with Gasteiger partial charge in [-0.25, -0.2) is 0 Å². The van der Waals surface area contributed by atoms with Gasteiger partial charge in [-0.3, -0.25) is 0 Å². The Morgan fingerprint density at radius 3 is 2.63 bits per heavy atom. The Morgan fingerprint density at radius 1 is 1.05 bits per heavy atom. The first-order valence-corrected chi connectivity index (χ1v) is 6.90. The maximum atomic E-state index is 12.0. The topological polar surface area (TPSA) is 69.4 Å². The van der Waals surface area contributed by atoms with Gasteiger partial charge in [-0.2, -0.15) is 8.42 Å². The van der Waals surface area contributed by atoms with Gasteiger partial charge in [0.2, 0.25) is 0 Å². The van der Waals surface area contributed by atoms with E-state index in [1.807, 2.05) is 0 Å². The molecule has 0 aliphatic rings. The third-order valence-corrected chi connectivity index (χ3v) is 3.83. The molecule has 0 atom stereocenters. The van der Waals surface area contributed by atoms with Crippen molar-refractivity contribution in [3.05, 3.63) is 54.7 Å². The maximum Gasteiger partial charge on any atom is 0.339 e. The highest BCUT2D eigenvalue weighted by atomic mass is 32.2. The molecule has 0 amide bonds. The van der Waals surface area contributed by atoms with E-state index < -0.39 is 10.1 Å². The number of hydrogen-bond donors (Lipinski definition) is 0. The third kappa shape index (κ3) is 2.30. The minimum atomic E-state index is -3.83. The molecule has 96 valence electrons. The van der Waals surface area contributed by atoms with Crippen molar-refractivity contribution >= 4 is 21.1 Å². The fourth-order valence-corrected chi connectivity index (χ4v) is 2.60. The number of rotatable bonds is 3. The Balaban J connectivity index is 1.96. The standard InChI is InChI=1S/C13H9NO4S/c15-19(16,12-4-2-1-3-5-12)18-11-7-6-10-9-14-17-13(10)8-11/h1-9H. The van der Waals surface area contributed by atoms with Crippen molar-refractivity contribution in [2.24, 2.45) is 0 Å². The van der Waals surface area contributed by atoms with E-state index in [-0.39, 0.29) is 10.6 Å². The lowest BCUT2D eigenvalue weighted by Crippen LogP contribution is -2.09. The highest BCUT2D eigenvalue weighted by Crippen LogP contribution is 2.23. The smallest absolute Gasteiger partial charge is 0.339 e. The quantitative estimate of drug-likeness (QED) is 0.687. The van der Waals surface area contributed by atoms with Crippen LogP contribution in [0.2, 0.25) is 0 Å². The normalized spacial score (nSPS) is 11.6. The molecule has 0 saturated heterocycles. The molecule has 0 unspecified atom stereocenters. The number of fused-ring (bicyclic) bond motifs is 1. The van der Waals surface area contributed by atoms with Gasteiger partial charge in [-0.1, -0.05) is 23.4 Å². The zero-order chi connectivity index (χ0) is 13.3. The summed E-state index contributed by atoms with van der Waals surface area (Å²) in [6.45, 7) is 0. The Bertz CT molecular complexity index is 809. The van der Waals surface area contributed by atoms with Crippen LogP contribution in [0.1, 0.15) is 0 Å². The molecule has 5 nitrogen and oxygen atoms in total. The van der Waals surface area contributed by atoms with Crippen LogP contribution >= 0.6 is 0 Å². The molecule has 2 aromatic carbocycles. The van der Waals surface area contributed by atoms with E-state index in [1.165, 1.54) is 18.2 Å². The summed E-state index contributed by atoms with van der Waals surface area (Å²) in [6.07, 6.45) is 1.55. The Kier molecular flexibility index (Phi) is 2.72. The van der Waals surface area contributed by atoms with Crippen LogP contribution in [0.4, 0.5) is 0 Å². The van der Waals surface area contributed by atoms with E-state index in [0.717, 1.165) is 5.39 Å². The van der Waals surface area contributed by atoms with Crippen molar-refractivity contribution in [1.29, 1.82) is 0 Å². The Hall–Kier alpha value is -2.34. The minimum absolute atomic E-state index is 0.104. The Morgan fingerprint density at radius 2 is 1.84 bits per heavy atom. The SMILES string of the molecule is O=S(=O)(Oc1ccc2cnoc2c1)c1ccccc1. The van der Waals surface area contributed by atoms with E-state index in [0.29, 0.717) is 5.58 Å². The maximum absolute atomic E-state index is 12.0. The summed E-state index contributed by atoms with van der Waals surface area (Å²) in [6, 6.07) is 12.7. The van der Waals surface area contributed by atoms with Crippen LogP contribution in [0.15, 0.2) is 64.1 Å². The molecule has 3 rings (SSSR count). The first-order chi connectivity index (χ1) is 9.15. The molecule has 6 heteroatoms. The monoisotopic (exact) mass is 275 g/mol. The molecule has 1 aromatic heterocycles. The van der Waals surface area contributed by atoms with Crippen LogP contribution in [-0.2, 0) is 10.1 Å². The molecule has 0 radical (unpaired) electrons. The van der Waals surface area contributed by atoms with E-state index in [2.05, 4.69) is 5.16 Å². The zero-order valence-corrected chi connectivity index (χ0v) is 10.5. The molecular weight excluding hydrogens is 266 g/mol. The lowest BCUT2D eigenvalue weighted by atomic mass is 10.2. The summed E-state index contributed by atoms with van der Waals surface area (Å²) in [5.74, 6) is 0.188. The first kappa shape index (κ1) is 11.7. The van der Waals surface area contributed by atoms with E-state index in [9.17, 15) is 8.42 Å². The third-order valence-electron chi connectivity index (χ3n) is 2.57. The summed E-state index contributed by atoms with van der Waals surface area (Å²) in [7, 11) is -3.83. The van der Waals surface area contributed by atoms with Crippen LogP contribution in [0.25, 0.3) is 11.0 Å².